The molecule has 3 heterocycles. The van der Waals surface area contributed by atoms with Crippen LogP contribution in [0.1, 0.15) is 29.8 Å². The summed E-state index contributed by atoms with van der Waals surface area (Å²) in [5.74, 6) is -0.785. The molecule has 4 aromatic rings. The van der Waals surface area contributed by atoms with Crippen molar-refractivity contribution in [2.45, 2.75) is 19.4 Å². The van der Waals surface area contributed by atoms with Crippen LogP contribution in [0.3, 0.4) is 0 Å². The molecule has 2 N–H and O–H groups in total. The zero-order valence-electron chi connectivity index (χ0n) is 17.8. The molecule has 2 aromatic carbocycles. The number of Topliss-reactive ketones (excluding diaryl/α,β-unsaturated/α-hetero) is 1. The lowest BCUT2D eigenvalue weighted by molar-refractivity contribution is -0.132. The third kappa shape index (κ3) is 3.68. The van der Waals surface area contributed by atoms with E-state index >= 15 is 0 Å². The van der Waals surface area contributed by atoms with E-state index in [1.165, 1.54) is 16.2 Å². The number of aromatic nitrogens is 2. The van der Waals surface area contributed by atoms with Crippen LogP contribution in [-0.2, 0) is 9.59 Å². The van der Waals surface area contributed by atoms with Crippen molar-refractivity contribution >= 4 is 45.8 Å². The average Bonchev–Trinajstić information content (AvgIpc) is 3.56. The highest BCUT2D eigenvalue weighted by atomic mass is 32.1. The van der Waals surface area contributed by atoms with Crippen molar-refractivity contribution in [1.29, 1.82) is 0 Å². The van der Waals surface area contributed by atoms with Crippen LogP contribution in [0.2, 0.25) is 0 Å². The van der Waals surface area contributed by atoms with Crippen LogP contribution in [0.25, 0.3) is 16.8 Å². The van der Waals surface area contributed by atoms with Gasteiger partial charge in [-0.15, -0.1) is 11.3 Å². The third-order valence-electron chi connectivity index (χ3n) is 5.46. The van der Waals surface area contributed by atoms with Crippen LogP contribution < -0.4 is 9.64 Å². The van der Waals surface area contributed by atoms with Crippen molar-refractivity contribution in [2.24, 2.45) is 0 Å². The Bertz CT molecular complexity index is 1320. The van der Waals surface area contributed by atoms with Crippen molar-refractivity contribution in [1.82, 2.24) is 9.97 Å². The molecule has 0 saturated carbocycles. The fraction of sp³-hybridized carbons (Fsp3) is 0.160. The molecule has 0 aliphatic carbocycles. The standard InChI is InChI=1S/C25H21N3O4S/c1-2-13-32-16-11-9-15(10-12-16)22(29)20-21(19-8-5-14-33-19)28(24(31)23(20)30)25-26-17-6-3-4-7-18(17)27-25/h3-12,14,21,29H,2,13H2,1H3,(H,26,27)/b22-20+. The number of carbonyl (C=O) groups excluding carboxylic acids is 2. The quantitative estimate of drug-likeness (QED) is 0.239. The van der Waals surface area contributed by atoms with Gasteiger partial charge >= 0.3 is 5.91 Å². The lowest BCUT2D eigenvalue weighted by atomic mass is 10.00. The zero-order valence-corrected chi connectivity index (χ0v) is 18.6. The van der Waals surface area contributed by atoms with Gasteiger partial charge in [0.2, 0.25) is 5.95 Å². The Morgan fingerprint density at radius 1 is 1.12 bits per heavy atom. The molecule has 7 nitrogen and oxygen atoms in total. The number of fused-ring (bicyclic) bond motifs is 1. The molecule has 166 valence electrons. The number of hydrogen-bond acceptors (Lipinski definition) is 6. The lowest BCUT2D eigenvalue weighted by Gasteiger charge is -2.21. The number of ketones is 1. The van der Waals surface area contributed by atoms with Gasteiger partial charge in [-0.25, -0.2) is 4.98 Å². The van der Waals surface area contributed by atoms with E-state index in [1.807, 2.05) is 48.7 Å². The third-order valence-corrected chi connectivity index (χ3v) is 6.39. The van der Waals surface area contributed by atoms with E-state index in [1.54, 1.807) is 24.3 Å². The minimum Gasteiger partial charge on any atom is -0.507 e. The number of carbonyl (C=O) groups is 2. The second-order valence-corrected chi connectivity index (χ2v) is 8.61. The number of nitrogens with zero attached hydrogens (tertiary/aromatic N) is 2. The van der Waals surface area contributed by atoms with E-state index < -0.39 is 17.7 Å². The summed E-state index contributed by atoms with van der Waals surface area (Å²) in [5, 5.41) is 13.0. The van der Waals surface area contributed by atoms with Crippen LogP contribution in [0.5, 0.6) is 5.75 Å². The molecule has 1 atom stereocenters. The van der Waals surface area contributed by atoms with Crippen LogP contribution >= 0.6 is 11.3 Å². The van der Waals surface area contributed by atoms with Gasteiger partial charge in [0.25, 0.3) is 5.78 Å². The predicted molar refractivity (Wildman–Crippen MR) is 127 cm³/mol. The summed E-state index contributed by atoms with van der Waals surface area (Å²) >= 11 is 1.40. The Labute approximate surface area is 194 Å². The summed E-state index contributed by atoms with van der Waals surface area (Å²) in [5.41, 5.74) is 1.90. The van der Waals surface area contributed by atoms with E-state index in [2.05, 4.69) is 9.97 Å². The predicted octanol–water partition coefficient (Wildman–Crippen LogP) is 5.04. The number of aromatic amines is 1. The monoisotopic (exact) mass is 459 g/mol. The molecule has 0 bridgehead atoms. The Kier molecular flexibility index (Phi) is 5.43. The van der Waals surface area contributed by atoms with Crippen LogP contribution in [0, 0.1) is 0 Å². The Balaban J connectivity index is 1.61. The van der Waals surface area contributed by atoms with Crippen molar-refractivity contribution in [3.63, 3.8) is 0 Å². The number of rotatable bonds is 6. The second-order valence-electron chi connectivity index (χ2n) is 7.63. The number of ether oxygens (including phenoxy) is 1. The van der Waals surface area contributed by atoms with Crippen LogP contribution in [-0.4, -0.2) is 33.4 Å². The van der Waals surface area contributed by atoms with Crippen molar-refractivity contribution < 1.29 is 19.4 Å². The van der Waals surface area contributed by atoms with Gasteiger partial charge in [0.1, 0.15) is 17.6 Å². The summed E-state index contributed by atoms with van der Waals surface area (Å²) in [7, 11) is 0. The van der Waals surface area contributed by atoms with Gasteiger partial charge in [-0.1, -0.05) is 25.1 Å². The molecule has 5 rings (SSSR count). The molecule has 33 heavy (non-hydrogen) atoms. The summed E-state index contributed by atoms with van der Waals surface area (Å²) in [6.45, 7) is 2.61. The minimum atomic E-state index is -0.790. The zero-order chi connectivity index (χ0) is 22.9. The first-order valence-electron chi connectivity index (χ1n) is 10.6. The number of imidazole rings is 1. The maximum absolute atomic E-state index is 13.2. The highest BCUT2D eigenvalue weighted by molar-refractivity contribution is 7.10. The van der Waals surface area contributed by atoms with E-state index in [-0.39, 0.29) is 17.3 Å². The SMILES string of the molecule is CCCOc1ccc(/C(O)=C2\C(=O)C(=O)N(c3nc4ccccc4[nH]3)C2c2cccs2)cc1. The number of hydrogen-bond donors (Lipinski definition) is 2. The summed E-state index contributed by atoms with van der Waals surface area (Å²) in [4.78, 5) is 36.1. The van der Waals surface area contributed by atoms with Gasteiger partial charge in [-0.05, 0) is 54.3 Å². The van der Waals surface area contributed by atoms with Crippen molar-refractivity contribution in [3.05, 3.63) is 82.1 Å². The summed E-state index contributed by atoms with van der Waals surface area (Å²) in [6.07, 6.45) is 0.883. The van der Waals surface area contributed by atoms with Gasteiger partial charge < -0.3 is 14.8 Å². The highest BCUT2D eigenvalue weighted by Gasteiger charge is 2.48. The normalized spacial score (nSPS) is 17.7. The van der Waals surface area contributed by atoms with E-state index in [0.717, 1.165) is 16.8 Å². The first-order chi connectivity index (χ1) is 16.1. The second kappa shape index (κ2) is 8.55. The Hall–Kier alpha value is -3.91. The smallest absolute Gasteiger partial charge is 0.302 e. The number of thiophene rings is 1. The molecule has 1 unspecified atom stereocenters. The number of amides is 1. The molecule has 1 amide bonds. The maximum Gasteiger partial charge on any atom is 0.302 e. The summed E-state index contributed by atoms with van der Waals surface area (Å²) < 4.78 is 5.60. The average molecular weight is 460 g/mol. The fourth-order valence-electron chi connectivity index (χ4n) is 3.90. The lowest BCUT2D eigenvalue weighted by Crippen LogP contribution is -2.30. The molecule has 8 heteroatoms. The van der Waals surface area contributed by atoms with Gasteiger partial charge in [0.15, 0.2) is 0 Å². The van der Waals surface area contributed by atoms with E-state index in [0.29, 0.717) is 23.4 Å². The molecule has 1 fully saturated rings. The molecule has 0 radical (unpaired) electrons. The summed E-state index contributed by atoms with van der Waals surface area (Å²) in [6, 6.07) is 17.1. The molecule has 1 aliphatic heterocycles. The highest BCUT2D eigenvalue weighted by Crippen LogP contribution is 2.43. The molecular weight excluding hydrogens is 438 g/mol. The van der Waals surface area contributed by atoms with Crippen LogP contribution in [0.15, 0.2) is 71.6 Å². The number of aliphatic hydroxyl groups is 1. The molecule has 1 saturated heterocycles. The van der Waals surface area contributed by atoms with Crippen LogP contribution in [0.4, 0.5) is 5.95 Å². The van der Waals surface area contributed by atoms with Gasteiger partial charge in [-0.3, -0.25) is 14.5 Å². The van der Waals surface area contributed by atoms with E-state index in [4.69, 9.17) is 4.74 Å². The first-order valence-corrected chi connectivity index (χ1v) is 11.5. The number of nitrogens with one attached hydrogen (secondary N) is 1. The number of para-hydroxylation sites is 2. The van der Waals surface area contributed by atoms with E-state index in [9.17, 15) is 14.7 Å². The molecule has 2 aromatic heterocycles. The number of aliphatic hydroxyl groups excluding tert-OH is 1. The number of anilines is 1. The van der Waals surface area contributed by atoms with Gasteiger partial charge in [0.05, 0.1) is 23.2 Å². The topological polar surface area (TPSA) is 95.5 Å². The van der Waals surface area contributed by atoms with Gasteiger partial charge in [0, 0.05) is 10.4 Å². The molecule has 1 aliphatic rings. The van der Waals surface area contributed by atoms with Crippen molar-refractivity contribution in [3.8, 4) is 5.75 Å². The van der Waals surface area contributed by atoms with Crippen molar-refractivity contribution in [2.75, 3.05) is 11.5 Å². The first kappa shape index (κ1) is 21.0. The number of benzene rings is 2. The molecule has 0 spiro atoms. The minimum absolute atomic E-state index is 0.0325. The van der Waals surface area contributed by atoms with Gasteiger partial charge in [-0.2, -0.15) is 0 Å². The Morgan fingerprint density at radius 3 is 2.61 bits per heavy atom. The Morgan fingerprint density at radius 2 is 1.91 bits per heavy atom. The molecular formula is C25H21N3O4S. The fourth-order valence-corrected chi connectivity index (χ4v) is 4.73. The number of H-pyrrole nitrogens is 1. The largest absolute Gasteiger partial charge is 0.507 e. The maximum atomic E-state index is 13.2.